The fourth-order valence-electron chi connectivity index (χ4n) is 4.62. The number of anilines is 2. The molecule has 1 fully saturated rings. The predicted octanol–water partition coefficient (Wildman–Crippen LogP) is 4.84. The van der Waals surface area contributed by atoms with Crippen molar-refractivity contribution in [3.63, 3.8) is 0 Å². The summed E-state index contributed by atoms with van der Waals surface area (Å²) in [4.78, 5) is 16.6. The lowest BCUT2D eigenvalue weighted by molar-refractivity contribution is 0.0600. The van der Waals surface area contributed by atoms with E-state index in [1.54, 1.807) is 13.0 Å². The number of carbonyl (C=O) groups excluding carboxylic acids is 1. The number of ether oxygens (including phenoxy) is 2. The van der Waals surface area contributed by atoms with Gasteiger partial charge >= 0.3 is 5.97 Å². The van der Waals surface area contributed by atoms with Gasteiger partial charge in [0, 0.05) is 43.1 Å². The van der Waals surface area contributed by atoms with E-state index in [1.165, 1.54) is 18.9 Å². The van der Waals surface area contributed by atoms with Crippen LogP contribution in [0.2, 0.25) is 5.02 Å². The van der Waals surface area contributed by atoms with Crippen molar-refractivity contribution < 1.29 is 22.7 Å². The number of hydrogen-bond donors (Lipinski definition) is 0. The highest BCUT2D eigenvalue weighted by Gasteiger charge is 2.32. The number of piperazine rings is 1. The molecule has 1 saturated heterocycles. The van der Waals surface area contributed by atoms with Crippen molar-refractivity contribution in [2.24, 2.45) is 0 Å². The minimum atomic E-state index is -3.81. The summed E-state index contributed by atoms with van der Waals surface area (Å²) in [5, 5.41) is 0.350. The minimum Gasteiger partial charge on any atom is -0.465 e. The van der Waals surface area contributed by atoms with E-state index in [2.05, 4.69) is 21.9 Å². The number of para-hydroxylation sites is 1. The van der Waals surface area contributed by atoms with Gasteiger partial charge in [0.15, 0.2) is 9.84 Å². The zero-order valence-corrected chi connectivity index (χ0v) is 21.0. The SMILES string of the molecule is COC(=O)c1cc(C)c2c(c1)S(=O)(=O)Cc1cc(N3CCN(c4ccccc4)CC3)cc(Cl)c1O2. The fourth-order valence-corrected chi connectivity index (χ4v) is 6.47. The molecule has 0 aliphatic carbocycles. The van der Waals surface area contributed by atoms with E-state index in [4.69, 9.17) is 21.1 Å². The molecule has 9 heteroatoms. The average molecular weight is 513 g/mol. The second-order valence-electron chi connectivity index (χ2n) is 8.70. The second-order valence-corrected chi connectivity index (χ2v) is 11.1. The number of fused-ring (bicyclic) bond motifs is 2. The van der Waals surface area contributed by atoms with Gasteiger partial charge in [0.25, 0.3) is 0 Å². The Bertz CT molecular complexity index is 1400. The van der Waals surface area contributed by atoms with Crippen molar-refractivity contribution in [3.8, 4) is 11.5 Å². The van der Waals surface area contributed by atoms with Crippen molar-refractivity contribution in [2.45, 2.75) is 17.6 Å². The van der Waals surface area contributed by atoms with E-state index in [0.29, 0.717) is 21.9 Å². The standard InChI is InChI=1S/C26H25ClN2O5S/c1-17-12-18(26(30)33-2)14-23-24(17)34-25-19(16-35(23,31)32)13-21(15-22(25)27)29-10-8-28(9-11-29)20-6-4-3-5-7-20/h3-7,12-15H,8-11,16H2,1-2H3. The minimum absolute atomic E-state index is 0.0387. The number of esters is 1. The number of benzene rings is 3. The molecule has 3 aromatic rings. The molecular formula is C26H25ClN2O5S. The number of hydrogen-bond acceptors (Lipinski definition) is 7. The van der Waals surface area contributed by atoms with E-state index < -0.39 is 15.8 Å². The number of rotatable bonds is 3. The molecule has 0 atom stereocenters. The molecule has 0 N–H and O–H groups in total. The van der Waals surface area contributed by atoms with Crippen LogP contribution in [-0.2, 0) is 20.3 Å². The summed E-state index contributed by atoms with van der Waals surface area (Å²) >= 11 is 6.65. The maximum Gasteiger partial charge on any atom is 0.337 e. The normalized spacial score (nSPS) is 16.5. The van der Waals surface area contributed by atoms with E-state index in [9.17, 15) is 13.2 Å². The first kappa shape index (κ1) is 23.5. The van der Waals surface area contributed by atoms with Gasteiger partial charge in [0.05, 0.1) is 23.4 Å². The third-order valence-electron chi connectivity index (χ3n) is 6.42. The van der Waals surface area contributed by atoms with Gasteiger partial charge in [-0.1, -0.05) is 29.8 Å². The Morgan fingerprint density at radius 1 is 0.943 bits per heavy atom. The zero-order chi connectivity index (χ0) is 24.7. The Morgan fingerprint density at radius 2 is 1.60 bits per heavy atom. The average Bonchev–Trinajstić information content (AvgIpc) is 2.97. The number of nitrogens with zero attached hydrogens (tertiary/aromatic N) is 2. The number of methoxy groups -OCH3 is 1. The quantitative estimate of drug-likeness (QED) is 0.465. The highest BCUT2D eigenvalue weighted by Crippen LogP contribution is 2.45. The molecule has 0 unspecified atom stereocenters. The van der Waals surface area contributed by atoms with Crippen LogP contribution >= 0.6 is 11.6 Å². The number of carbonyl (C=O) groups is 1. The molecule has 0 aromatic heterocycles. The molecule has 0 amide bonds. The first-order valence-corrected chi connectivity index (χ1v) is 13.3. The van der Waals surface area contributed by atoms with Crippen LogP contribution in [0.3, 0.4) is 0 Å². The van der Waals surface area contributed by atoms with Gasteiger partial charge in [0.1, 0.15) is 16.4 Å². The summed E-state index contributed by atoms with van der Waals surface area (Å²) in [5.74, 6) is -0.378. The predicted molar refractivity (Wildman–Crippen MR) is 136 cm³/mol. The third kappa shape index (κ3) is 4.44. The maximum atomic E-state index is 13.4. The largest absolute Gasteiger partial charge is 0.465 e. The fraction of sp³-hybridized carbons (Fsp3) is 0.269. The van der Waals surface area contributed by atoms with Crippen LogP contribution in [-0.4, -0.2) is 47.7 Å². The Hall–Kier alpha value is -3.23. The zero-order valence-electron chi connectivity index (χ0n) is 19.5. The lowest BCUT2D eigenvalue weighted by Gasteiger charge is -2.37. The second kappa shape index (κ2) is 9.09. The molecule has 2 aliphatic rings. The summed E-state index contributed by atoms with van der Waals surface area (Å²) in [6.45, 7) is 4.93. The lowest BCUT2D eigenvalue weighted by Crippen LogP contribution is -2.46. The van der Waals surface area contributed by atoms with E-state index in [-0.39, 0.29) is 22.0 Å². The number of sulfone groups is 1. The van der Waals surface area contributed by atoms with Gasteiger partial charge in [-0.2, -0.15) is 0 Å². The van der Waals surface area contributed by atoms with Gasteiger partial charge in [-0.3, -0.25) is 0 Å². The van der Waals surface area contributed by atoms with Gasteiger partial charge in [-0.15, -0.1) is 0 Å². The number of halogens is 1. The van der Waals surface area contributed by atoms with Crippen LogP contribution < -0.4 is 14.5 Å². The molecule has 0 spiro atoms. The Balaban J connectivity index is 1.46. The van der Waals surface area contributed by atoms with Crippen LogP contribution in [0.5, 0.6) is 11.5 Å². The highest BCUT2D eigenvalue weighted by atomic mass is 35.5. The molecular weight excluding hydrogens is 488 g/mol. The van der Waals surface area contributed by atoms with Gasteiger partial charge in [-0.25, -0.2) is 13.2 Å². The summed E-state index contributed by atoms with van der Waals surface area (Å²) in [6.07, 6.45) is 0. The van der Waals surface area contributed by atoms with Crippen molar-refractivity contribution in [2.75, 3.05) is 43.1 Å². The van der Waals surface area contributed by atoms with Crippen molar-refractivity contribution in [1.82, 2.24) is 0 Å². The van der Waals surface area contributed by atoms with Crippen molar-refractivity contribution in [3.05, 3.63) is 76.3 Å². The Kier molecular flexibility index (Phi) is 6.11. The van der Waals surface area contributed by atoms with Crippen LogP contribution in [0.4, 0.5) is 11.4 Å². The Labute approximate surface area is 209 Å². The monoisotopic (exact) mass is 512 g/mol. The first-order valence-electron chi connectivity index (χ1n) is 11.3. The van der Waals surface area contributed by atoms with Gasteiger partial charge < -0.3 is 19.3 Å². The molecule has 0 radical (unpaired) electrons. The topological polar surface area (TPSA) is 76.2 Å². The molecule has 2 heterocycles. The summed E-state index contributed by atoms with van der Waals surface area (Å²) < 4.78 is 37.6. The lowest BCUT2D eigenvalue weighted by atomic mass is 10.1. The van der Waals surface area contributed by atoms with Gasteiger partial charge in [0.2, 0.25) is 0 Å². The van der Waals surface area contributed by atoms with Crippen LogP contribution in [0.15, 0.2) is 59.5 Å². The molecule has 3 aromatic carbocycles. The number of aryl methyl sites for hydroxylation is 1. The van der Waals surface area contributed by atoms with E-state index >= 15 is 0 Å². The molecule has 0 bridgehead atoms. The summed E-state index contributed by atoms with van der Waals surface area (Å²) in [5.41, 5.74) is 3.21. The molecule has 2 aliphatic heterocycles. The van der Waals surface area contributed by atoms with Gasteiger partial charge in [-0.05, 0) is 48.9 Å². The Morgan fingerprint density at radius 3 is 2.26 bits per heavy atom. The molecule has 0 saturated carbocycles. The third-order valence-corrected chi connectivity index (χ3v) is 8.36. The maximum absolute atomic E-state index is 13.4. The molecule has 7 nitrogen and oxygen atoms in total. The van der Waals surface area contributed by atoms with E-state index in [1.807, 2.05) is 30.3 Å². The highest BCUT2D eigenvalue weighted by molar-refractivity contribution is 7.90. The molecule has 35 heavy (non-hydrogen) atoms. The first-order chi connectivity index (χ1) is 16.8. The smallest absolute Gasteiger partial charge is 0.337 e. The van der Waals surface area contributed by atoms with E-state index in [0.717, 1.165) is 31.9 Å². The summed E-state index contributed by atoms with van der Waals surface area (Å²) in [6, 6.07) is 16.8. The van der Waals surface area contributed by atoms with Crippen LogP contribution in [0, 0.1) is 6.92 Å². The molecule has 5 rings (SSSR count). The summed E-state index contributed by atoms with van der Waals surface area (Å²) in [7, 11) is -2.55. The van der Waals surface area contributed by atoms with Crippen molar-refractivity contribution in [1.29, 1.82) is 0 Å². The molecule has 182 valence electrons. The van der Waals surface area contributed by atoms with Crippen LogP contribution in [0.1, 0.15) is 21.5 Å². The van der Waals surface area contributed by atoms with Crippen molar-refractivity contribution >= 4 is 38.8 Å². The van der Waals surface area contributed by atoms with Crippen LogP contribution in [0.25, 0.3) is 0 Å².